The molecule has 0 aliphatic heterocycles. The van der Waals surface area contributed by atoms with Crippen LogP contribution >= 0.6 is 0 Å². The van der Waals surface area contributed by atoms with Crippen molar-refractivity contribution in [3.8, 4) is 5.75 Å². The molecule has 82 valence electrons. The first-order chi connectivity index (χ1) is 7.24. The van der Waals surface area contributed by atoms with E-state index in [-0.39, 0.29) is 11.7 Å². The Labute approximate surface area is 91.3 Å². The number of para-hydroxylation sites is 1. The highest BCUT2D eigenvalue weighted by Crippen LogP contribution is 2.23. The molecule has 0 bridgehead atoms. The Morgan fingerprint density at radius 1 is 1.27 bits per heavy atom. The van der Waals surface area contributed by atoms with Gasteiger partial charge in [-0.05, 0) is 25.0 Å². The molecule has 0 N–H and O–H groups in total. The summed E-state index contributed by atoms with van der Waals surface area (Å²) < 4.78 is 5.18. The van der Waals surface area contributed by atoms with Gasteiger partial charge in [-0.1, -0.05) is 26.0 Å². The number of carbonyl (C=O) groups excluding carboxylic acids is 1. The fraction of sp³-hybridized carbons (Fsp3) is 0.462. The standard InChI is InChI=1S/C13H18O2/c1-4-10(5-2)13(14)11-8-6-7-9-12(11)15-3/h6-10H,4-5H2,1-3H3. The van der Waals surface area contributed by atoms with Crippen molar-refractivity contribution in [1.29, 1.82) is 0 Å². The Kier molecular flexibility index (Phi) is 4.35. The number of hydrogen-bond acceptors (Lipinski definition) is 2. The number of Topliss-reactive ketones (excluding diaryl/α,β-unsaturated/α-hetero) is 1. The summed E-state index contributed by atoms with van der Waals surface area (Å²) in [5.74, 6) is 0.980. The topological polar surface area (TPSA) is 26.3 Å². The predicted molar refractivity (Wildman–Crippen MR) is 61.4 cm³/mol. The molecular weight excluding hydrogens is 188 g/mol. The van der Waals surface area contributed by atoms with Crippen LogP contribution < -0.4 is 4.74 Å². The van der Waals surface area contributed by atoms with Crippen molar-refractivity contribution in [2.75, 3.05) is 7.11 Å². The molecule has 1 aromatic rings. The zero-order chi connectivity index (χ0) is 11.3. The van der Waals surface area contributed by atoms with Crippen LogP contribution in [0.15, 0.2) is 24.3 Å². The summed E-state index contributed by atoms with van der Waals surface area (Å²) in [4.78, 5) is 12.1. The Hall–Kier alpha value is -1.31. The number of ether oxygens (including phenoxy) is 1. The van der Waals surface area contributed by atoms with Gasteiger partial charge in [-0.2, -0.15) is 0 Å². The SMILES string of the molecule is CCC(CC)C(=O)c1ccccc1OC. The zero-order valence-electron chi connectivity index (χ0n) is 9.62. The van der Waals surface area contributed by atoms with Crippen molar-refractivity contribution in [2.24, 2.45) is 5.92 Å². The van der Waals surface area contributed by atoms with E-state index < -0.39 is 0 Å². The van der Waals surface area contributed by atoms with Crippen LogP contribution in [0.1, 0.15) is 37.0 Å². The summed E-state index contributed by atoms with van der Waals surface area (Å²) in [7, 11) is 1.60. The van der Waals surface area contributed by atoms with Crippen LogP contribution in [0.4, 0.5) is 0 Å². The first-order valence-electron chi connectivity index (χ1n) is 5.41. The smallest absolute Gasteiger partial charge is 0.169 e. The molecule has 15 heavy (non-hydrogen) atoms. The summed E-state index contributed by atoms with van der Waals surface area (Å²) in [6.07, 6.45) is 1.76. The molecule has 1 rings (SSSR count). The monoisotopic (exact) mass is 206 g/mol. The lowest BCUT2D eigenvalue weighted by Crippen LogP contribution is -2.13. The van der Waals surface area contributed by atoms with Crippen molar-refractivity contribution < 1.29 is 9.53 Å². The summed E-state index contributed by atoms with van der Waals surface area (Å²) in [6, 6.07) is 7.41. The number of carbonyl (C=O) groups is 1. The molecule has 0 atom stereocenters. The maximum absolute atomic E-state index is 12.1. The lowest BCUT2D eigenvalue weighted by molar-refractivity contribution is 0.0910. The normalized spacial score (nSPS) is 10.4. The first-order valence-corrected chi connectivity index (χ1v) is 5.41. The number of hydrogen-bond donors (Lipinski definition) is 0. The van der Waals surface area contributed by atoms with Gasteiger partial charge in [0.05, 0.1) is 12.7 Å². The molecule has 0 aliphatic carbocycles. The minimum atomic E-state index is 0.112. The highest BCUT2D eigenvalue weighted by Gasteiger charge is 2.19. The van der Waals surface area contributed by atoms with Gasteiger partial charge in [-0.3, -0.25) is 4.79 Å². The Morgan fingerprint density at radius 2 is 1.87 bits per heavy atom. The lowest BCUT2D eigenvalue weighted by atomic mass is 9.92. The van der Waals surface area contributed by atoms with Crippen LogP contribution in [-0.2, 0) is 0 Å². The van der Waals surface area contributed by atoms with Gasteiger partial charge in [0.1, 0.15) is 5.75 Å². The number of ketones is 1. The van der Waals surface area contributed by atoms with Crippen LogP contribution in [0.5, 0.6) is 5.75 Å². The van der Waals surface area contributed by atoms with Gasteiger partial charge >= 0.3 is 0 Å². The third-order valence-corrected chi connectivity index (χ3v) is 2.73. The van der Waals surface area contributed by atoms with Crippen molar-refractivity contribution in [3.63, 3.8) is 0 Å². The molecule has 2 heteroatoms. The van der Waals surface area contributed by atoms with Gasteiger partial charge in [-0.25, -0.2) is 0 Å². The van der Waals surface area contributed by atoms with E-state index >= 15 is 0 Å². The van der Waals surface area contributed by atoms with Crippen LogP contribution in [0, 0.1) is 5.92 Å². The fourth-order valence-electron chi connectivity index (χ4n) is 1.73. The minimum Gasteiger partial charge on any atom is -0.496 e. The van der Waals surface area contributed by atoms with Gasteiger partial charge in [0.15, 0.2) is 5.78 Å². The molecule has 0 amide bonds. The van der Waals surface area contributed by atoms with E-state index in [1.807, 2.05) is 38.1 Å². The zero-order valence-corrected chi connectivity index (χ0v) is 9.62. The van der Waals surface area contributed by atoms with Crippen molar-refractivity contribution >= 4 is 5.78 Å². The van der Waals surface area contributed by atoms with Crippen LogP contribution in [0.2, 0.25) is 0 Å². The predicted octanol–water partition coefficient (Wildman–Crippen LogP) is 3.31. The molecule has 0 saturated carbocycles. The van der Waals surface area contributed by atoms with E-state index in [9.17, 15) is 4.79 Å². The maximum Gasteiger partial charge on any atom is 0.169 e. The second-order valence-corrected chi connectivity index (χ2v) is 3.58. The number of rotatable bonds is 5. The van der Waals surface area contributed by atoms with Gasteiger partial charge in [-0.15, -0.1) is 0 Å². The average molecular weight is 206 g/mol. The third-order valence-electron chi connectivity index (χ3n) is 2.73. The fourth-order valence-corrected chi connectivity index (χ4v) is 1.73. The van der Waals surface area contributed by atoms with Crippen molar-refractivity contribution in [1.82, 2.24) is 0 Å². The average Bonchev–Trinajstić information content (AvgIpc) is 2.30. The first kappa shape index (κ1) is 11.8. The molecular formula is C13H18O2. The number of benzene rings is 1. The van der Waals surface area contributed by atoms with Crippen molar-refractivity contribution in [3.05, 3.63) is 29.8 Å². The molecule has 0 spiro atoms. The van der Waals surface area contributed by atoms with Crippen LogP contribution in [-0.4, -0.2) is 12.9 Å². The lowest BCUT2D eigenvalue weighted by Gasteiger charge is -2.13. The molecule has 1 aromatic carbocycles. The highest BCUT2D eigenvalue weighted by molar-refractivity contribution is 6.00. The summed E-state index contributed by atoms with van der Waals surface area (Å²) in [5, 5.41) is 0. The Morgan fingerprint density at radius 3 is 2.40 bits per heavy atom. The summed E-state index contributed by atoms with van der Waals surface area (Å²) in [5.41, 5.74) is 0.703. The van der Waals surface area contributed by atoms with E-state index in [4.69, 9.17) is 4.74 Å². The van der Waals surface area contributed by atoms with Gasteiger partial charge in [0.25, 0.3) is 0 Å². The van der Waals surface area contributed by atoms with E-state index in [0.29, 0.717) is 11.3 Å². The van der Waals surface area contributed by atoms with Gasteiger partial charge in [0, 0.05) is 5.92 Å². The van der Waals surface area contributed by atoms with E-state index in [1.165, 1.54) is 0 Å². The molecule has 0 saturated heterocycles. The molecule has 0 fully saturated rings. The molecule has 0 aromatic heterocycles. The molecule has 0 unspecified atom stereocenters. The summed E-state index contributed by atoms with van der Waals surface area (Å²) >= 11 is 0. The Bertz CT molecular complexity index is 327. The van der Waals surface area contributed by atoms with E-state index in [0.717, 1.165) is 12.8 Å². The number of methoxy groups -OCH3 is 1. The largest absolute Gasteiger partial charge is 0.496 e. The molecule has 0 aliphatic rings. The van der Waals surface area contributed by atoms with Gasteiger partial charge < -0.3 is 4.74 Å². The third kappa shape index (κ3) is 2.58. The second-order valence-electron chi connectivity index (χ2n) is 3.58. The highest BCUT2D eigenvalue weighted by atomic mass is 16.5. The van der Waals surface area contributed by atoms with E-state index in [1.54, 1.807) is 7.11 Å². The second kappa shape index (κ2) is 5.54. The van der Waals surface area contributed by atoms with Crippen LogP contribution in [0.25, 0.3) is 0 Å². The maximum atomic E-state index is 12.1. The quantitative estimate of drug-likeness (QED) is 0.691. The molecule has 2 nitrogen and oxygen atoms in total. The van der Waals surface area contributed by atoms with Crippen molar-refractivity contribution in [2.45, 2.75) is 26.7 Å². The Balaban J connectivity index is 2.99. The molecule has 0 radical (unpaired) electrons. The summed E-state index contributed by atoms with van der Waals surface area (Å²) in [6.45, 7) is 4.09. The molecule has 0 heterocycles. The minimum absolute atomic E-state index is 0.112. The van der Waals surface area contributed by atoms with E-state index in [2.05, 4.69) is 0 Å². The van der Waals surface area contributed by atoms with Gasteiger partial charge in [0.2, 0.25) is 0 Å². The van der Waals surface area contributed by atoms with Crippen LogP contribution in [0.3, 0.4) is 0 Å².